The van der Waals surface area contributed by atoms with Crippen molar-refractivity contribution in [2.24, 2.45) is 0 Å². The van der Waals surface area contributed by atoms with E-state index in [2.05, 4.69) is 0 Å². The van der Waals surface area contributed by atoms with E-state index in [-0.39, 0.29) is 19.0 Å². The van der Waals surface area contributed by atoms with Gasteiger partial charge in [0, 0.05) is 18.2 Å². The third-order valence-corrected chi connectivity index (χ3v) is 2.87. The molecule has 1 aliphatic rings. The number of para-hydroxylation sites is 1. The molecule has 0 bridgehead atoms. The molecule has 6 nitrogen and oxygen atoms in total. The summed E-state index contributed by atoms with van der Waals surface area (Å²) in [5.41, 5.74) is 0.742. The van der Waals surface area contributed by atoms with Gasteiger partial charge in [0.1, 0.15) is 5.76 Å². The molecule has 1 aromatic rings. The van der Waals surface area contributed by atoms with E-state index in [1.807, 2.05) is 0 Å². The van der Waals surface area contributed by atoms with Crippen LogP contribution in [0.15, 0.2) is 30.3 Å². The summed E-state index contributed by atoms with van der Waals surface area (Å²) in [6.45, 7) is 3.65. The molecule has 2 N–H and O–H groups in total. The number of carbonyl (C=O) groups is 1. The number of rotatable bonds is 3. The Hall–Kier alpha value is -2.05. The first-order chi connectivity index (χ1) is 9.53. The molecule has 20 heavy (non-hydrogen) atoms. The minimum atomic E-state index is -2.07. The third kappa shape index (κ3) is 2.35. The van der Waals surface area contributed by atoms with Crippen molar-refractivity contribution in [2.75, 3.05) is 18.1 Å². The predicted molar refractivity (Wildman–Crippen MR) is 73.1 cm³/mol. The topological polar surface area (TPSA) is 79.2 Å². The van der Waals surface area contributed by atoms with Crippen molar-refractivity contribution in [1.29, 1.82) is 0 Å². The third-order valence-electron chi connectivity index (χ3n) is 2.87. The average Bonchev–Trinajstić information content (AvgIpc) is 2.39. The number of hydrogen-bond donors (Lipinski definition) is 2. The summed E-state index contributed by atoms with van der Waals surface area (Å²) in [5.74, 6) is -2.23. The van der Waals surface area contributed by atoms with Crippen LogP contribution in [0.3, 0.4) is 0 Å². The average molecular weight is 279 g/mol. The van der Waals surface area contributed by atoms with Crippen LogP contribution >= 0.6 is 0 Å². The number of anilines is 1. The van der Waals surface area contributed by atoms with E-state index in [4.69, 9.17) is 9.47 Å². The largest absolute Gasteiger partial charge is 0.507 e. The van der Waals surface area contributed by atoms with E-state index >= 15 is 0 Å². The number of hydrogen-bond acceptors (Lipinski definition) is 5. The Balaban J connectivity index is 2.55. The lowest BCUT2D eigenvalue weighted by Crippen LogP contribution is -2.55. The van der Waals surface area contributed by atoms with Crippen molar-refractivity contribution >= 4 is 17.5 Å². The molecule has 0 radical (unpaired) electrons. The zero-order valence-electron chi connectivity index (χ0n) is 11.4. The van der Waals surface area contributed by atoms with Crippen molar-refractivity contribution in [3.05, 3.63) is 35.9 Å². The van der Waals surface area contributed by atoms with Crippen LogP contribution < -0.4 is 4.90 Å². The molecule has 0 saturated heterocycles. The van der Waals surface area contributed by atoms with E-state index in [1.54, 1.807) is 38.1 Å². The van der Waals surface area contributed by atoms with Crippen molar-refractivity contribution in [3.8, 4) is 0 Å². The Morgan fingerprint density at radius 1 is 1.30 bits per heavy atom. The molecule has 1 aromatic carbocycles. The van der Waals surface area contributed by atoms with Gasteiger partial charge < -0.3 is 19.7 Å². The number of carbonyl (C=O) groups excluding carboxylic acids is 1. The molecular formula is C14H17NO5. The maximum atomic E-state index is 12.1. The first-order valence-corrected chi connectivity index (χ1v) is 6.38. The molecule has 0 aliphatic carbocycles. The van der Waals surface area contributed by atoms with Crippen LogP contribution in [0.4, 0.5) is 10.5 Å². The van der Waals surface area contributed by atoms with Crippen molar-refractivity contribution in [1.82, 2.24) is 0 Å². The minimum absolute atomic E-state index is 0.151. The first kappa shape index (κ1) is 14.4. The fourth-order valence-electron chi connectivity index (χ4n) is 2.11. The molecule has 0 saturated carbocycles. The van der Waals surface area contributed by atoms with Gasteiger partial charge in [0.05, 0.1) is 12.3 Å². The second-order valence-electron chi connectivity index (χ2n) is 4.17. The van der Waals surface area contributed by atoms with Crippen LogP contribution in [-0.2, 0) is 9.47 Å². The molecule has 108 valence electrons. The Kier molecular flexibility index (Phi) is 3.96. The lowest BCUT2D eigenvalue weighted by Gasteiger charge is -2.39. The monoisotopic (exact) mass is 279 g/mol. The van der Waals surface area contributed by atoms with Gasteiger partial charge in [-0.25, -0.2) is 9.69 Å². The van der Waals surface area contributed by atoms with Gasteiger partial charge in [-0.1, -0.05) is 12.1 Å². The van der Waals surface area contributed by atoms with Crippen LogP contribution in [0.25, 0.3) is 5.76 Å². The molecule has 1 amide bonds. The summed E-state index contributed by atoms with van der Waals surface area (Å²) in [6, 6.07) is 6.64. The van der Waals surface area contributed by atoms with E-state index in [0.717, 1.165) is 11.0 Å². The zero-order valence-corrected chi connectivity index (χ0v) is 11.4. The molecule has 1 heterocycles. The molecule has 1 atom stereocenters. The fraction of sp³-hybridized carbons (Fsp3) is 0.357. The quantitative estimate of drug-likeness (QED) is 0.829. The highest BCUT2D eigenvalue weighted by Gasteiger charge is 2.44. The van der Waals surface area contributed by atoms with Gasteiger partial charge in [0.25, 0.3) is 5.91 Å². The summed E-state index contributed by atoms with van der Waals surface area (Å²) in [5, 5.41) is 20.5. The van der Waals surface area contributed by atoms with Gasteiger partial charge >= 0.3 is 6.09 Å². The summed E-state index contributed by atoms with van der Waals surface area (Å²) >= 11 is 0. The normalized spacial score (nSPS) is 21.1. The molecular weight excluding hydrogens is 262 g/mol. The summed E-state index contributed by atoms with van der Waals surface area (Å²) < 4.78 is 10.2. The molecule has 1 aliphatic heterocycles. The Morgan fingerprint density at radius 3 is 2.65 bits per heavy atom. The molecule has 2 rings (SSSR count). The Bertz CT molecular complexity index is 542. The van der Waals surface area contributed by atoms with Crippen molar-refractivity contribution in [3.63, 3.8) is 0 Å². The lowest BCUT2D eigenvalue weighted by atomic mass is 10.0. The molecule has 0 spiro atoms. The Morgan fingerprint density at radius 2 is 2.00 bits per heavy atom. The number of ether oxygens (including phenoxy) is 2. The first-order valence-electron chi connectivity index (χ1n) is 6.38. The second-order valence-corrected chi connectivity index (χ2v) is 4.17. The number of benzene rings is 1. The number of aliphatic hydroxyl groups is 2. The summed E-state index contributed by atoms with van der Waals surface area (Å²) in [4.78, 5) is 13.1. The van der Waals surface area contributed by atoms with Crippen molar-refractivity contribution in [2.45, 2.75) is 19.8 Å². The molecule has 0 fully saturated rings. The highest BCUT2D eigenvalue weighted by molar-refractivity contribution is 5.95. The number of fused-ring (bicyclic) bond motifs is 1. The van der Waals surface area contributed by atoms with Gasteiger partial charge in [-0.05, 0) is 26.0 Å². The lowest BCUT2D eigenvalue weighted by molar-refractivity contribution is -0.160. The smallest absolute Gasteiger partial charge is 0.418 e. The zero-order chi connectivity index (χ0) is 14.8. The fourth-order valence-corrected chi connectivity index (χ4v) is 2.11. The highest BCUT2D eigenvalue weighted by Crippen LogP contribution is 2.37. The van der Waals surface area contributed by atoms with Gasteiger partial charge in [-0.15, -0.1) is 0 Å². The van der Waals surface area contributed by atoms with E-state index in [1.165, 1.54) is 0 Å². The van der Waals surface area contributed by atoms with Gasteiger partial charge in [-0.3, -0.25) is 0 Å². The highest BCUT2D eigenvalue weighted by atomic mass is 16.7. The van der Waals surface area contributed by atoms with Crippen LogP contribution in [0.2, 0.25) is 0 Å². The predicted octanol–water partition coefficient (Wildman–Crippen LogP) is 2.24. The second kappa shape index (κ2) is 5.52. The van der Waals surface area contributed by atoms with E-state index in [9.17, 15) is 15.0 Å². The van der Waals surface area contributed by atoms with Crippen molar-refractivity contribution < 1.29 is 24.5 Å². The summed E-state index contributed by atoms with van der Waals surface area (Å²) in [7, 11) is 0. The van der Waals surface area contributed by atoms with E-state index < -0.39 is 12.0 Å². The molecule has 1 unspecified atom stereocenters. The standard InChI is InChI=1S/C14H17NO5/c1-3-19-13(17)15-11-8-6-5-7-10(11)12(16)9-14(15,18)20-4-2/h5-9,16,18H,3-4H2,1-2H3. The van der Waals surface area contributed by atoms with E-state index in [0.29, 0.717) is 11.3 Å². The maximum absolute atomic E-state index is 12.1. The van der Waals surface area contributed by atoms with Crippen LogP contribution in [0, 0.1) is 0 Å². The van der Waals surface area contributed by atoms with Crippen LogP contribution in [0.5, 0.6) is 0 Å². The number of amides is 1. The van der Waals surface area contributed by atoms with Gasteiger partial charge in [0.2, 0.25) is 0 Å². The van der Waals surface area contributed by atoms with Gasteiger partial charge in [-0.2, -0.15) is 0 Å². The number of aliphatic hydroxyl groups excluding tert-OH is 1. The minimum Gasteiger partial charge on any atom is -0.507 e. The summed E-state index contributed by atoms with van der Waals surface area (Å²) in [6.07, 6.45) is 0.329. The maximum Gasteiger partial charge on any atom is 0.418 e. The van der Waals surface area contributed by atoms with Crippen LogP contribution in [-0.4, -0.2) is 35.4 Å². The molecule has 0 aromatic heterocycles. The van der Waals surface area contributed by atoms with Crippen LogP contribution in [0.1, 0.15) is 19.4 Å². The number of nitrogens with zero attached hydrogens (tertiary/aromatic N) is 1. The SMILES string of the molecule is CCOC(=O)N1c2ccccc2C(O)=CC1(O)OCC. The molecule has 6 heteroatoms. The van der Waals surface area contributed by atoms with Gasteiger partial charge in [0.15, 0.2) is 0 Å². The Labute approximate surface area is 116 Å².